The summed E-state index contributed by atoms with van der Waals surface area (Å²) < 4.78 is 14.9. The van der Waals surface area contributed by atoms with E-state index in [0.717, 1.165) is 39.8 Å². The molecule has 0 amide bonds. The highest BCUT2D eigenvalue weighted by Crippen LogP contribution is 2.30. The van der Waals surface area contributed by atoms with E-state index in [-0.39, 0.29) is 11.8 Å². The summed E-state index contributed by atoms with van der Waals surface area (Å²) in [7, 11) is 0. The summed E-state index contributed by atoms with van der Waals surface area (Å²) in [5.74, 6) is 0. The molecule has 0 aliphatic carbocycles. The average Bonchev–Trinajstić information content (AvgIpc) is 3.47. The van der Waals surface area contributed by atoms with Crippen molar-refractivity contribution < 1.29 is 9.47 Å². The normalized spacial score (nSPS) is 16.4. The monoisotopic (exact) mass is 455 g/mol. The van der Waals surface area contributed by atoms with Gasteiger partial charge in [-0.1, -0.05) is 25.1 Å². The molecule has 34 heavy (non-hydrogen) atoms. The Morgan fingerprint density at radius 1 is 1.12 bits per heavy atom. The van der Waals surface area contributed by atoms with Crippen molar-refractivity contribution in [3.05, 3.63) is 77.1 Å². The standard InChI is InChI=1S/C26H25N5O3/c1-2-20-21-8-9-27-24(21)28-14-22(20)17-12-23-25(29-13-17)31(18-6-4-3-5-7-18)26(32)30(23)15-19-16-33-10-11-34-19/h3-9,12-14,19H,2,10-11,15-16H2,1H3,(H,27,28)/t19-/m0/s1. The number of H-pyrrole nitrogens is 1. The van der Waals surface area contributed by atoms with E-state index in [9.17, 15) is 4.79 Å². The third kappa shape index (κ3) is 3.43. The molecule has 1 atom stereocenters. The van der Waals surface area contributed by atoms with Gasteiger partial charge in [-0.2, -0.15) is 0 Å². The molecule has 0 saturated carbocycles. The van der Waals surface area contributed by atoms with Gasteiger partial charge in [-0.25, -0.2) is 19.3 Å². The van der Waals surface area contributed by atoms with E-state index in [2.05, 4.69) is 23.0 Å². The van der Waals surface area contributed by atoms with Gasteiger partial charge in [0.15, 0.2) is 5.65 Å². The Kier molecular flexibility index (Phi) is 5.24. The second kappa shape index (κ2) is 8.55. The fourth-order valence-electron chi connectivity index (χ4n) is 4.80. The molecule has 8 nitrogen and oxygen atoms in total. The number of aromatic nitrogens is 5. The minimum Gasteiger partial charge on any atom is -0.376 e. The number of hydrogen-bond donors (Lipinski definition) is 1. The smallest absolute Gasteiger partial charge is 0.335 e. The minimum absolute atomic E-state index is 0.144. The van der Waals surface area contributed by atoms with Crippen LogP contribution in [0.2, 0.25) is 0 Å². The molecular weight excluding hydrogens is 430 g/mol. The SMILES string of the molecule is CCc1c(-c2cnc3c(c2)n(C[C@H]2COCCO2)c(=O)n3-c2ccccc2)cnc2[nH]ccc12. The van der Waals surface area contributed by atoms with Crippen LogP contribution in [-0.4, -0.2) is 50.0 Å². The maximum absolute atomic E-state index is 13.6. The summed E-state index contributed by atoms with van der Waals surface area (Å²) in [5.41, 5.74) is 6.04. The summed E-state index contributed by atoms with van der Waals surface area (Å²) in [6, 6.07) is 13.7. The second-order valence-electron chi connectivity index (χ2n) is 8.44. The van der Waals surface area contributed by atoms with Crippen LogP contribution in [-0.2, 0) is 22.4 Å². The molecule has 5 aromatic rings. The van der Waals surface area contributed by atoms with Crippen molar-refractivity contribution in [1.82, 2.24) is 24.1 Å². The number of ether oxygens (including phenoxy) is 2. The molecule has 1 aliphatic rings. The minimum atomic E-state index is -0.186. The van der Waals surface area contributed by atoms with Crippen LogP contribution in [0.1, 0.15) is 12.5 Å². The van der Waals surface area contributed by atoms with Gasteiger partial charge in [0, 0.05) is 35.1 Å². The third-order valence-corrected chi connectivity index (χ3v) is 6.42. The molecular formula is C26H25N5O3. The van der Waals surface area contributed by atoms with Gasteiger partial charge in [0.05, 0.1) is 43.7 Å². The number of para-hydroxylation sites is 1. The Hall–Kier alpha value is -3.75. The molecule has 0 bridgehead atoms. The summed E-state index contributed by atoms with van der Waals surface area (Å²) in [6.45, 7) is 4.11. The number of fused-ring (bicyclic) bond motifs is 2. The Bertz CT molecular complexity index is 1530. The first kappa shape index (κ1) is 20.8. The van der Waals surface area contributed by atoms with Crippen LogP contribution in [0.5, 0.6) is 0 Å². The van der Waals surface area contributed by atoms with E-state index in [0.29, 0.717) is 32.0 Å². The number of nitrogens with zero attached hydrogens (tertiary/aromatic N) is 4. The lowest BCUT2D eigenvalue weighted by molar-refractivity contribution is -0.0935. The molecule has 1 fully saturated rings. The lowest BCUT2D eigenvalue weighted by atomic mass is 9.99. The number of hydrogen-bond acceptors (Lipinski definition) is 5. The third-order valence-electron chi connectivity index (χ3n) is 6.42. The van der Waals surface area contributed by atoms with E-state index >= 15 is 0 Å². The zero-order valence-corrected chi connectivity index (χ0v) is 18.9. The fraction of sp³-hybridized carbons (Fsp3) is 0.269. The number of aromatic amines is 1. The molecule has 1 saturated heterocycles. The van der Waals surface area contributed by atoms with Crippen molar-refractivity contribution in [2.24, 2.45) is 0 Å². The van der Waals surface area contributed by atoms with Crippen LogP contribution in [0.4, 0.5) is 0 Å². The largest absolute Gasteiger partial charge is 0.376 e. The number of pyridine rings is 2. The maximum Gasteiger partial charge on any atom is 0.335 e. The molecule has 4 aromatic heterocycles. The van der Waals surface area contributed by atoms with Crippen molar-refractivity contribution in [1.29, 1.82) is 0 Å². The molecule has 8 heteroatoms. The molecule has 0 unspecified atom stereocenters. The molecule has 1 aromatic carbocycles. The van der Waals surface area contributed by atoms with Gasteiger partial charge in [-0.3, -0.25) is 4.57 Å². The van der Waals surface area contributed by atoms with E-state index in [1.165, 1.54) is 5.56 Å². The highest BCUT2D eigenvalue weighted by molar-refractivity contribution is 5.89. The van der Waals surface area contributed by atoms with Crippen molar-refractivity contribution in [3.63, 3.8) is 0 Å². The van der Waals surface area contributed by atoms with Crippen LogP contribution in [0.3, 0.4) is 0 Å². The van der Waals surface area contributed by atoms with Gasteiger partial charge >= 0.3 is 5.69 Å². The first-order chi connectivity index (χ1) is 16.7. The zero-order chi connectivity index (χ0) is 23.1. The summed E-state index contributed by atoms with van der Waals surface area (Å²) >= 11 is 0. The Labute approximate surface area is 195 Å². The van der Waals surface area contributed by atoms with Gasteiger partial charge in [-0.15, -0.1) is 0 Å². The summed E-state index contributed by atoms with van der Waals surface area (Å²) in [5, 5.41) is 1.10. The molecule has 172 valence electrons. The van der Waals surface area contributed by atoms with Gasteiger partial charge in [0.25, 0.3) is 0 Å². The quantitative estimate of drug-likeness (QED) is 0.437. The first-order valence-electron chi connectivity index (χ1n) is 11.6. The second-order valence-corrected chi connectivity index (χ2v) is 8.44. The van der Waals surface area contributed by atoms with E-state index < -0.39 is 0 Å². The van der Waals surface area contributed by atoms with Crippen molar-refractivity contribution in [3.8, 4) is 16.8 Å². The Balaban J connectivity index is 1.56. The molecule has 0 radical (unpaired) electrons. The number of benzene rings is 1. The van der Waals surface area contributed by atoms with Gasteiger partial charge < -0.3 is 14.5 Å². The van der Waals surface area contributed by atoms with Crippen LogP contribution in [0.25, 0.3) is 39.0 Å². The van der Waals surface area contributed by atoms with Crippen molar-refractivity contribution in [2.75, 3.05) is 19.8 Å². The predicted molar refractivity (Wildman–Crippen MR) is 130 cm³/mol. The van der Waals surface area contributed by atoms with Crippen molar-refractivity contribution >= 4 is 22.2 Å². The lowest BCUT2D eigenvalue weighted by Gasteiger charge is -2.23. The van der Waals surface area contributed by atoms with Crippen LogP contribution >= 0.6 is 0 Å². The molecule has 5 heterocycles. The fourth-order valence-corrected chi connectivity index (χ4v) is 4.80. The number of imidazole rings is 1. The first-order valence-corrected chi connectivity index (χ1v) is 11.6. The van der Waals surface area contributed by atoms with E-state index in [4.69, 9.17) is 14.5 Å². The summed E-state index contributed by atoms with van der Waals surface area (Å²) in [6.07, 6.45) is 6.30. The zero-order valence-electron chi connectivity index (χ0n) is 18.9. The number of nitrogens with one attached hydrogen (secondary N) is 1. The number of aryl methyl sites for hydroxylation is 1. The van der Waals surface area contributed by atoms with E-state index in [1.54, 1.807) is 9.13 Å². The van der Waals surface area contributed by atoms with Gasteiger partial charge in [-0.05, 0) is 36.2 Å². The average molecular weight is 456 g/mol. The topological polar surface area (TPSA) is 87.0 Å². The van der Waals surface area contributed by atoms with Gasteiger partial charge in [0.1, 0.15) is 5.65 Å². The van der Waals surface area contributed by atoms with Crippen LogP contribution in [0, 0.1) is 0 Å². The maximum atomic E-state index is 13.6. The van der Waals surface area contributed by atoms with Gasteiger partial charge in [0.2, 0.25) is 0 Å². The Morgan fingerprint density at radius 2 is 2.00 bits per heavy atom. The predicted octanol–water partition coefficient (Wildman–Crippen LogP) is 3.71. The number of rotatable bonds is 5. The molecule has 6 rings (SSSR count). The lowest BCUT2D eigenvalue weighted by Crippen LogP contribution is -2.35. The molecule has 0 spiro atoms. The van der Waals surface area contributed by atoms with E-state index in [1.807, 2.05) is 55.0 Å². The van der Waals surface area contributed by atoms with Crippen LogP contribution < -0.4 is 5.69 Å². The summed E-state index contributed by atoms with van der Waals surface area (Å²) in [4.78, 5) is 26.2. The highest BCUT2D eigenvalue weighted by atomic mass is 16.6. The Morgan fingerprint density at radius 3 is 2.79 bits per heavy atom. The highest BCUT2D eigenvalue weighted by Gasteiger charge is 2.22. The van der Waals surface area contributed by atoms with Crippen LogP contribution in [0.15, 0.2) is 65.8 Å². The van der Waals surface area contributed by atoms with Crippen molar-refractivity contribution in [2.45, 2.75) is 26.0 Å². The molecule has 1 aliphatic heterocycles. The molecule has 1 N–H and O–H groups in total.